The van der Waals surface area contributed by atoms with E-state index in [2.05, 4.69) is 0 Å². The second-order valence-corrected chi connectivity index (χ2v) is 6.10. The highest BCUT2D eigenvalue weighted by Gasteiger charge is 2.35. The smallest absolute Gasteiger partial charge is 0.156 e. The van der Waals surface area contributed by atoms with Crippen LogP contribution in [-0.4, -0.2) is 52.3 Å². The Morgan fingerprint density at radius 3 is 2.46 bits per heavy atom. The fourth-order valence-electron chi connectivity index (χ4n) is 2.16. The first-order valence-electron chi connectivity index (χ1n) is 4.80. The number of sulfone groups is 1. The number of hydrogen-bond acceptors (Lipinski definition) is 3. The van der Waals surface area contributed by atoms with E-state index in [1.165, 1.54) is 4.90 Å². The molecular weight excluding hydrogens is 190 g/mol. The first kappa shape index (κ1) is 9.43. The molecule has 2 aliphatic heterocycles. The summed E-state index contributed by atoms with van der Waals surface area (Å²) in [6, 6.07) is 0.342. The summed E-state index contributed by atoms with van der Waals surface area (Å²) in [6.45, 7) is 3.51. The van der Waals surface area contributed by atoms with Gasteiger partial charge in [-0.15, -0.1) is 0 Å². The number of ether oxygens (including phenoxy) is 1. The van der Waals surface area contributed by atoms with Gasteiger partial charge in [0.15, 0.2) is 9.84 Å². The molecule has 1 atom stereocenters. The minimum Gasteiger partial charge on any atom is -0.370 e. The van der Waals surface area contributed by atoms with E-state index in [1.807, 2.05) is 0 Å². The van der Waals surface area contributed by atoms with E-state index < -0.39 is 9.84 Å². The molecule has 2 rings (SSSR count). The highest BCUT2D eigenvalue weighted by Crippen LogP contribution is 2.08. The van der Waals surface area contributed by atoms with E-state index in [1.54, 1.807) is 0 Å². The van der Waals surface area contributed by atoms with Gasteiger partial charge in [0, 0.05) is 6.42 Å². The largest absolute Gasteiger partial charge is 0.370 e. The van der Waals surface area contributed by atoms with Crippen LogP contribution in [0.1, 0.15) is 6.42 Å². The standard InChI is InChI=1S/C8H15NO3S/c10-13(11)6-1-8(7-13)9-2-4-12-5-3-9/h8H,1-7H2/p+1/t8-/m1/s1. The molecular formula is C8H16NO3S+. The third-order valence-corrected chi connectivity index (χ3v) is 4.71. The lowest BCUT2D eigenvalue weighted by Crippen LogP contribution is -3.17. The molecule has 0 saturated carbocycles. The van der Waals surface area contributed by atoms with Crippen LogP contribution in [0.15, 0.2) is 0 Å². The van der Waals surface area contributed by atoms with Crippen LogP contribution in [0.4, 0.5) is 0 Å². The van der Waals surface area contributed by atoms with Crippen molar-refractivity contribution in [1.29, 1.82) is 0 Å². The minimum absolute atomic E-state index is 0.342. The van der Waals surface area contributed by atoms with Gasteiger partial charge >= 0.3 is 0 Å². The molecule has 0 spiro atoms. The lowest BCUT2D eigenvalue weighted by molar-refractivity contribution is -0.929. The maximum atomic E-state index is 11.2. The van der Waals surface area contributed by atoms with Crippen molar-refractivity contribution in [1.82, 2.24) is 0 Å². The van der Waals surface area contributed by atoms with Crippen LogP contribution in [0.25, 0.3) is 0 Å². The summed E-state index contributed by atoms with van der Waals surface area (Å²) < 4.78 is 27.7. The first-order chi connectivity index (χ1) is 6.17. The zero-order chi connectivity index (χ0) is 9.31. The van der Waals surface area contributed by atoms with Gasteiger partial charge in [0.25, 0.3) is 0 Å². The second-order valence-electron chi connectivity index (χ2n) is 3.87. The zero-order valence-electron chi connectivity index (χ0n) is 7.66. The monoisotopic (exact) mass is 206 g/mol. The molecule has 0 aliphatic carbocycles. The van der Waals surface area contributed by atoms with Crippen molar-refractivity contribution in [2.75, 3.05) is 37.8 Å². The van der Waals surface area contributed by atoms with Crippen LogP contribution in [0.5, 0.6) is 0 Å². The van der Waals surface area contributed by atoms with Gasteiger partial charge in [0.1, 0.15) is 24.9 Å². The van der Waals surface area contributed by atoms with Crippen molar-refractivity contribution in [3.8, 4) is 0 Å². The van der Waals surface area contributed by atoms with Crippen molar-refractivity contribution in [3.63, 3.8) is 0 Å². The Morgan fingerprint density at radius 1 is 1.23 bits per heavy atom. The molecule has 13 heavy (non-hydrogen) atoms. The van der Waals surface area contributed by atoms with Crippen LogP contribution in [-0.2, 0) is 14.6 Å². The molecule has 0 bridgehead atoms. The summed E-state index contributed by atoms with van der Waals surface area (Å²) in [5, 5.41) is 0. The molecule has 0 aromatic carbocycles. The topological polar surface area (TPSA) is 47.8 Å². The Balaban J connectivity index is 1.95. The molecule has 0 aromatic rings. The van der Waals surface area contributed by atoms with Gasteiger partial charge in [0.2, 0.25) is 0 Å². The Hall–Kier alpha value is -0.130. The summed E-state index contributed by atoms with van der Waals surface area (Å²) in [5.41, 5.74) is 0. The molecule has 0 aromatic heterocycles. The van der Waals surface area contributed by atoms with Crippen molar-refractivity contribution < 1.29 is 18.1 Å². The molecule has 2 heterocycles. The Kier molecular flexibility index (Phi) is 2.58. The van der Waals surface area contributed by atoms with Gasteiger partial charge in [-0.25, -0.2) is 8.42 Å². The summed E-state index contributed by atoms with van der Waals surface area (Å²) in [7, 11) is -2.71. The van der Waals surface area contributed by atoms with Crippen LogP contribution >= 0.6 is 0 Å². The molecule has 4 nitrogen and oxygen atoms in total. The maximum Gasteiger partial charge on any atom is 0.156 e. The summed E-state index contributed by atoms with van der Waals surface area (Å²) >= 11 is 0. The zero-order valence-corrected chi connectivity index (χ0v) is 8.48. The number of morpholine rings is 1. The maximum absolute atomic E-state index is 11.2. The molecule has 0 radical (unpaired) electrons. The van der Waals surface area contributed by atoms with Crippen LogP contribution in [0, 0.1) is 0 Å². The summed E-state index contributed by atoms with van der Waals surface area (Å²) in [4.78, 5) is 1.42. The fourth-order valence-corrected chi connectivity index (χ4v) is 3.98. The van der Waals surface area contributed by atoms with E-state index in [9.17, 15) is 8.42 Å². The van der Waals surface area contributed by atoms with E-state index in [0.29, 0.717) is 17.5 Å². The van der Waals surface area contributed by atoms with Gasteiger partial charge in [-0.1, -0.05) is 0 Å². The molecule has 76 valence electrons. The third kappa shape index (κ3) is 2.21. The second kappa shape index (κ2) is 3.55. The summed E-state index contributed by atoms with van der Waals surface area (Å²) in [5.74, 6) is 0.782. The molecule has 2 saturated heterocycles. The first-order valence-corrected chi connectivity index (χ1v) is 6.62. The van der Waals surface area contributed by atoms with Crippen molar-refractivity contribution >= 4 is 9.84 Å². The molecule has 2 aliphatic rings. The Bertz CT molecular complexity index is 269. The van der Waals surface area contributed by atoms with Crippen molar-refractivity contribution in [2.24, 2.45) is 0 Å². The number of nitrogens with one attached hydrogen (secondary N) is 1. The molecule has 0 amide bonds. The quantitative estimate of drug-likeness (QED) is 0.544. The van der Waals surface area contributed by atoms with Gasteiger partial charge < -0.3 is 9.64 Å². The van der Waals surface area contributed by atoms with Gasteiger partial charge in [-0.05, 0) is 0 Å². The lowest BCUT2D eigenvalue weighted by atomic mass is 10.2. The van der Waals surface area contributed by atoms with Gasteiger partial charge in [0.05, 0.1) is 19.0 Å². The van der Waals surface area contributed by atoms with Crippen molar-refractivity contribution in [2.45, 2.75) is 12.5 Å². The molecule has 0 unspecified atom stereocenters. The minimum atomic E-state index is -2.71. The van der Waals surface area contributed by atoms with E-state index in [-0.39, 0.29) is 0 Å². The predicted octanol–water partition coefficient (Wildman–Crippen LogP) is -1.91. The Labute approximate surface area is 78.8 Å². The van der Waals surface area contributed by atoms with E-state index in [4.69, 9.17) is 4.74 Å². The van der Waals surface area contributed by atoms with E-state index in [0.717, 1.165) is 32.7 Å². The molecule has 5 heteroatoms. The van der Waals surface area contributed by atoms with Gasteiger partial charge in [-0.2, -0.15) is 0 Å². The molecule has 2 fully saturated rings. The number of hydrogen-bond donors (Lipinski definition) is 1. The van der Waals surface area contributed by atoms with Crippen LogP contribution in [0.2, 0.25) is 0 Å². The van der Waals surface area contributed by atoms with Crippen LogP contribution in [0.3, 0.4) is 0 Å². The van der Waals surface area contributed by atoms with Crippen LogP contribution < -0.4 is 4.90 Å². The van der Waals surface area contributed by atoms with Crippen molar-refractivity contribution in [3.05, 3.63) is 0 Å². The number of quaternary nitrogens is 1. The van der Waals surface area contributed by atoms with E-state index >= 15 is 0 Å². The predicted molar refractivity (Wildman–Crippen MR) is 48.6 cm³/mol. The Morgan fingerprint density at radius 2 is 1.92 bits per heavy atom. The van der Waals surface area contributed by atoms with Gasteiger partial charge in [-0.3, -0.25) is 0 Å². The highest BCUT2D eigenvalue weighted by atomic mass is 32.2. The highest BCUT2D eigenvalue weighted by molar-refractivity contribution is 7.91. The average molecular weight is 206 g/mol. The third-order valence-electron chi connectivity index (χ3n) is 2.94. The molecule has 1 N–H and O–H groups in total. The lowest BCUT2D eigenvalue weighted by Gasteiger charge is -2.28. The summed E-state index contributed by atoms with van der Waals surface area (Å²) in [6.07, 6.45) is 0.845. The number of rotatable bonds is 1. The SMILES string of the molecule is O=S1(=O)CC[C@@H]([NH+]2CCOCC2)C1. The average Bonchev–Trinajstić information content (AvgIpc) is 2.48. The normalized spacial score (nSPS) is 34.9. The fraction of sp³-hybridized carbons (Fsp3) is 1.00.